The van der Waals surface area contributed by atoms with Crippen molar-refractivity contribution in [3.05, 3.63) is 63.6 Å². The lowest BCUT2D eigenvalue weighted by Gasteiger charge is -2.03. The van der Waals surface area contributed by atoms with Gasteiger partial charge in [-0.3, -0.25) is 10.1 Å². The van der Waals surface area contributed by atoms with Crippen molar-refractivity contribution in [3.63, 3.8) is 0 Å². The molecular formula is C13H9FN2O4S. The molecule has 0 unspecified atom stereocenters. The van der Waals surface area contributed by atoms with Crippen LogP contribution >= 0.6 is 11.8 Å². The van der Waals surface area contributed by atoms with E-state index in [1.807, 2.05) is 0 Å². The van der Waals surface area contributed by atoms with Crippen LogP contribution in [-0.2, 0) is 5.75 Å². The molecule has 0 aliphatic rings. The number of nitrogens with zero attached hydrogens (tertiary/aromatic N) is 2. The van der Waals surface area contributed by atoms with Crippen molar-refractivity contribution in [1.82, 2.24) is 4.98 Å². The third-order valence-electron chi connectivity index (χ3n) is 2.61. The molecule has 0 saturated carbocycles. The minimum Gasteiger partial charge on any atom is -0.478 e. The van der Waals surface area contributed by atoms with Crippen molar-refractivity contribution in [2.24, 2.45) is 0 Å². The van der Waals surface area contributed by atoms with Gasteiger partial charge in [-0.15, -0.1) is 11.8 Å². The minimum atomic E-state index is -1.08. The van der Waals surface area contributed by atoms with Crippen LogP contribution in [0.15, 0.2) is 41.6 Å². The summed E-state index contributed by atoms with van der Waals surface area (Å²) in [6.45, 7) is 0. The number of carboxylic acid groups (broad SMARTS) is 1. The van der Waals surface area contributed by atoms with Gasteiger partial charge in [0.05, 0.1) is 15.5 Å². The second-order valence-electron chi connectivity index (χ2n) is 3.99. The number of carboxylic acids is 1. The molecular weight excluding hydrogens is 299 g/mol. The van der Waals surface area contributed by atoms with Crippen LogP contribution in [0.25, 0.3) is 0 Å². The zero-order chi connectivity index (χ0) is 15.4. The van der Waals surface area contributed by atoms with E-state index in [9.17, 15) is 19.3 Å². The fraction of sp³-hybridized carbons (Fsp3) is 0.0769. The highest BCUT2D eigenvalue weighted by atomic mass is 32.2. The van der Waals surface area contributed by atoms with Crippen LogP contribution in [0.2, 0.25) is 0 Å². The first-order valence-corrected chi connectivity index (χ1v) is 6.71. The molecule has 0 saturated heterocycles. The third kappa shape index (κ3) is 3.54. The van der Waals surface area contributed by atoms with Crippen molar-refractivity contribution < 1.29 is 19.2 Å². The van der Waals surface area contributed by atoms with Gasteiger partial charge in [0.15, 0.2) is 0 Å². The van der Waals surface area contributed by atoms with Gasteiger partial charge in [-0.25, -0.2) is 9.78 Å². The van der Waals surface area contributed by atoms with E-state index in [4.69, 9.17) is 5.11 Å². The normalized spacial score (nSPS) is 10.3. The SMILES string of the molecule is O=C(O)c1ccc(SCc2cccc([N+](=O)[O-])c2F)nc1. The molecule has 2 rings (SSSR count). The standard InChI is InChI=1S/C13H9FN2O4S/c14-12-9(2-1-3-10(12)16(19)20)7-21-11-5-4-8(6-15-11)13(17)18/h1-6H,7H2,(H,17,18). The van der Waals surface area contributed by atoms with Gasteiger partial charge in [0.2, 0.25) is 5.82 Å². The number of benzene rings is 1. The van der Waals surface area contributed by atoms with Gasteiger partial charge < -0.3 is 5.11 Å². The Hall–Kier alpha value is -2.48. The van der Waals surface area contributed by atoms with Crippen LogP contribution in [-0.4, -0.2) is 21.0 Å². The Morgan fingerprint density at radius 3 is 2.71 bits per heavy atom. The second-order valence-corrected chi connectivity index (χ2v) is 4.98. The van der Waals surface area contributed by atoms with Crippen LogP contribution in [0.4, 0.5) is 10.1 Å². The van der Waals surface area contributed by atoms with E-state index in [1.54, 1.807) is 0 Å². The van der Waals surface area contributed by atoms with Gasteiger partial charge in [-0.2, -0.15) is 4.39 Å². The van der Waals surface area contributed by atoms with Crippen LogP contribution in [0.5, 0.6) is 0 Å². The number of pyridine rings is 1. The Balaban J connectivity index is 2.11. The zero-order valence-corrected chi connectivity index (χ0v) is 11.3. The molecule has 1 aromatic heterocycles. The van der Waals surface area contributed by atoms with E-state index < -0.39 is 22.4 Å². The predicted molar refractivity (Wildman–Crippen MR) is 73.8 cm³/mol. The molecule has 2 aromatic rings. The number of aromatic nitrogens is 1. The van der Waals surface area contributed by atoms with Crippen molar-refractivity contribution in [1.29, 1.82) is 0 Å². The Bertz CT molecular complexity index is 691. The Morgan fingerprint density at radius 1 is 1.38 bits per heavy atom. The van der Waals surface area contributed by atoms with Crippen molar-refractivity contribution in [2.75, 3.05) is 0 Å². The Kier molecular flexibility index (Phi) is 4.49. The number of hydrogen-bond acceptors (Lipinski definition) is 5. The molecule has 6 nitrogen and oxygen atoms in total. The molecule has 0 atom stereocenters. The van der Waals surface area contributed by atoms with Gasteiger partial charge in [0.1, 0.15) is 0 Å². The summed E-state index contributed by atoms with van der Waals surface area (Å²) >= 11 is 1.16. The molecule has 0 amide bonds. The van der Waals surface area contributed by atoms with Crippen LogP contribution in [0.3, 0.4) is 0 Å². The number of nitro groups is 1. The highest BCUT2D eigenvalue weighted by molar-refractivity contribution is 7.98. The molecule has 0 spiro atoms. The summed E-state index contributed by atoms with van der Waals surface area (Å²) in [4.78, 5) is 24.5. The summed E-state index contributed by atoms with van der Waals surface area (Å²) in [5, 5.41) is 19.9. The monoisotopic (exact) mass is 308 g/mol. The molecule has 1 N–H and O–H groups in total. The zero-order valence-electron chi connectivity index (χ0n) is 10.5. The smallest absolute Gasteiger partial charge is 0.337 e. The average molecular weight is 308 g/mol. The largest absolute Gasteiger partial charge is 0.478 e. The summed E-state index contributed by atoms with van der Waals surface area (Å²) in [7, 11) is 0. The quantitative estimate of drug-likeness (QED) is 0.518. The number of halogens is 1. The summed E-state index contributed by atoms with van der Waals surface area (Å²) in [6.07, 6.45) is 1.20. The lowest BCUT2D eigenvalue weighted by atomic mass is 10.2. The Morgan fingerprint density at radius 2 is 2.14 bits per heavy atom. The van der Waals surface area contributed by atoms with E-state index in [-0.39, 0.29) is 16.9 Å². The number of carbonyl (C=O) groups is 1. The number of nitro benzene ring substituents is 1. The molecule has 8 heteroatoms. The van der Waals surface area contributed by atoms with Crippen LogP contribution < -0.4 is 0 Å². The summed E-state index contributed by atoms with van der Waals surface area (Å²) in [6, 6.07) is 6.87. The maximum Gasteiger partial charge on any atom is 0.337 e. The topological polar surface area (TPSA) is 93.3 Å². The fourth-order valence-electron chi connectivity index (χ4n) is 1.56. The Labute approximate surface area is 122 Å². The molecule has 21 heavy (non-hydrogen) atoms. The number of rotatable bonds is 5. The predicted octanol–water partition coefficient (Wildman–Crippen LogP) is 3.12. The first kappa shape index (κ1) is 14.9. The molecule has 108 valence electrons. The number of hydrogen-bond donors (Lipinski definition) is 1. The summed E-state index contributed by atoms with van der Waals surface area (Å²) in [5.41, 5.74) is -0.318. The van der Waals surface area contributed by atoms with Crippen molar-refractivity contribution in [3.8, 4) is 0 Å². The summed E-state index contributed by atoms with van der Waals surface area (Å²) < 4.78 is 13.8. The van der Waals surface area contributed by atoms with Gasteiger partial charge in [0.25, 0.3) is 0 Å². The second kappa shape index (κ2) is 6.31. The molecule has 1 heterocycles. The van der Waals surface area contributed by atoms with E-state index >= 15 is 0 Å². The molecule has 0 fully saturated rings. The number of aromatic carboxylic acids is 1. The van der Waals surface area contributed by atoms with Crippen LogP contribution in [0, 0.1) is 15.9 Å². The minimum absolute atomic E-state index is 0.0564. The summed E-state index contributed by atoms with van der Waals surface area (Å²) in [5.74, 6) is -1.78. The third-order valence-corrected chi connectivity index (χ3v) is 3.61. The van der Waals surface area contributed by atoms with Gasteiger partial charge >= 0.3 is 11.7 Å². The van der Waals surface area contributed by atoms with Gasteiger partial charge in [-0.1, -0.05) is 12.1 Å². The van der Waals surface area contributed by atoms with Crippen molar-refractivity contribution in [2.45, 2.75) is 10.8 Å². The van der Waals surface area contributed by atoms with Gasteiger partial charge in [-0.05, 0) is 12.1 Å². The lowest BCUT2D eigenvalue weighted by Crippen LogP contribution is -1.98. The molecule has 1 aromatic carbocycles. The van der Waals surface area contributed by atoms with E-state index in [2.05, 4.69) is 4.98 Å². The highest BCUT2D eigenvalue weighted by Crippen LogP contribution is 2.26. The van der Waals surface area contributed by atoms with Crippen LogP contribution in [0.1, 0.15) is 15.9 Å². The maximum absolute atomic E-state index is 13.8. The van der Waals surface area contributed by atoms with Crippen molar-refractivity contribution >= 4 is 23.4 Å². The molecule has 0 radical (unpaired) electrons. The molecule has 0 aliphatic heterocycles. The molecule has 0 bridgehead atoms. The highest BCUT2D eigenvalue weighted by Gasteiger charge is 2.17. The van der Waals surface area contributed by atoms with Gasteiger partial charge in [0, 0.05) is 23.6 Å². The molecule has 0 aliphatic carbocycles. The van der Waals surface area contributed by atoms with E-state index in [0.29, 0.717) is 5.03 Å². The maximum atomic E-state index is 13.8. The van der Waals surface area contributed by atoms with E-state index in [0.717, 1.165) is 17.8 Å². The average Bonchev–Trinajstić information content (AvgIpc) is 2.46. The lowest BCUT2D eigenvalue weighted by molar-refractivity contribution is -0.387. The number of thioether (sulfide) groups is 1. The first-order valence-electron chi connectivity index (χ1n) is 5.73. The fourth-order valence-corrected chi connectivity index (χ4v) is 2.38. The van der Waals surface area contributed by atoms with E-state index in [1.165, 1.54) is 30.5 Å². The first-order chi connectivity index (χ1) is 9.99.